The van der Waals surface area contributed by atoms with E-state index in [1.807, 2.05) is 0 Å². The Kier molecular flexibility index (Phi) is 5.03. The Hall–Kier alpha value is -3.95. The molecular formula is C24H23FN4O5. The standard InChI is InChI=1S/C24H23FN4O5/c1-24(23(33)26-2)11-29-18-17(19(30)16(22(29)32)21(31)28-15-7-8-15)27-10-13(20(18)34-24)9-12-3-5-14(25)6-4-12/h3-6,10,15,30H,7-9,11H2,1-2H3,(H,26,33)(H,28,31)/t24-/m1/s1. The summed E-state index contributed by atoms with van der Waals surface area (Å²) in [5, 5.41) is 16.2. The molecule has 176 valence electrons. The van der Waals surface area contributed by atoms with Gasteiger partial charge in [-0.15, -0.1) is 0 Å². The molecule has 2 aliphatic rings. The summed E-state index contributed by atoms with van der Waals surface area (Å²) in [6.07, 6.45) is 3.37. The first-order valence-electron chi connectivity index (χ1n) is 11.0. The summed E-state index contributed by atoms with van der Waals surface area (Å²) in [5.41, 5.74) is -1.08. The molecule has 0 radical (unpaired) electrons. The summed E-state index contributed by atoms with van der Waals surface area (Å²) in [4.78, 5) is 43.3. The van der Waals surface area contributed by atoms with E-state index in [1.165, 1.54) is 29.9 Å². The number of halogens is 1. The molecule has 3 aromatic rings. The van der Waals surface area contributed by atoms with Gasteiger partial charge in [0.25, 0.3) is 17.4 Å². The third-order valence-electron chi connectivity index (χ3n) is 6.21. The van der Waals surface area contributed by atoms with Crippen LogP contribution in [0.1, 0.15) is 41.3 Å². The second kappa shape index (κ2) is 7.82. The predicted octanol–water partition coefficient (Wildman–Crippen LogP) is 1.62. The van der Waals surface area contributed by atoms with Crippen molar-refractivity contribution < 1.29 is 23.8 Å². The van der Waals surface area contributed by atoms with Crippen molar-refractivity contribution in [2.75, 3.05) is 7.05 Å². The fourth-order valence-corrected chi connectivity index (χ4v) is 4.25. The maximum atomic E-state index is 13.5. The number of rotatable bonds is 5. The number of pyridine rings is 2. The monoisotopic (exact) mass is 466 g/mol. The van der Waals surface area contributed by atoms with Crippen LogP contribution in [0.15, 0.2) is 35.3 Å². The molecular weight excluding hydrogens is 443 g/mol. The van der Waals surface area contributed by atoms with E-state index in [0.29, 0.717) is 5.56 Å². The molecule has 5 rings (SSSR count). The number of ether oxygens (including phenoxy) is 1. The van der Waals surface area contributed by atoms with Gasteiger partial charge in [0, 0.05) is 31.3 Å². The van der Waals surface area contributed by atoms with E-state index in [9.17, 15) is 23.9 Å². The molecule has 1 saturated carbocycles. The second-order valence-electron chi connectivity index (χ2n) is 8.89. The SMILES string of the molecule is CNC(=O)[C@@]1(C)Cn2c(=O)c(C(=O)NC3CC3)c(O)c3ncc(Cc4ccc(F)cc4)c(c32)O1. The quantitative estimate of drug-likeness (QED) is 0.525. The minimum Gasteiger partial charge on any atom is -0.505 e. The van der Waals surface area contributed by atoms with E-state index in [0.717, 1.165) is 18.4 Å². The summed E-state index contributed by atoms with van der Waals surface area (Å²) in [5.74, 6) is -1.84. The molecule has 0 spiro atoms. The van der Waals surface area contributed by atoms with Crippen molar-refractivity contribution in [1.29, 1.82) is 0 Å². The van der Waals surface area contributed by atoms with Crippen molar-refractivity contribution in [2.45, 2.75) is 44.4 Å². The molecule has 0 saturated heterocycles. The van der Waals surface area contributed by atoms with E-state index < -0.39 is 34.3 Å². The van der Waals surface area contributed by atoms with Crippen LogP contribution in [0, 0.1) is 5.82 Å². The molecule has 2 aromatic heterocycles. The molecule has 1 aliphatic carbocycles. The Morgan fingerprint density at radius 1 is 1.29 bits per heavy atom. The third-order valence-corrected chi connectivity index (χ3v) is 6.21. The van der Waals surface area contributed by atoms with E-state index in [-0.39, 0.29) is 41.6 Å². The number of aromatic nitrogens is 2. The number of benzene rings is 1. The van der Waals surface area contributed by atoms with Crippen LogP contribution in [-0.2, 0) is 17.8 Å². The fraction of sp³-hybridized carbons (Fsp3) is 0.333. The zero-order valence-corrected chi connectivity index (χ0v) is 18.6. The highest BCUT2D eigenvalue weighted by Crippen LogP contribution is 2.40. The topological polar surface area (TPSA) is 123 Å². The normalized spacial score (nSPS) is 18.9. The summed E-state index contributed by atoms with van der Waals surface area (Å²) >= 11 is 0. The first-order chi connectivity index (χ1) is 16.2. The molecule has 3 N–H and O–H groups in total. The van der Waals surface area contributed by atoms with E-state index in [1.54, 1.807) is 19.1 Å². The lowest BCUT2D eigenvalue weighted by Gasteiger charge is -2.36. The number of amides is 2. The van der Waals surface area contributed by atoms with Gasteiger partial charge in [-0.3, -0.25) is 23.9 Å². The first kappa shape index (κ1) is 21.9. The molecule has 10 heteroatoms. The highest BCUT2D eigenvalue weighted by Gasteiger charge is 2.43. The lowest BCUT2D eigenvalue weighted by atomic mass is 9.98. The highest BCUT2D eigenvalue weighted by molar-refractivity contribution is 6.03. The Bertz CT molecular complexity index is 1400. The zero-order chi connectivity index (χ0) is 24.2. The van der Waals surface area contributed by atoms with Gasteiger partial charge < -0.3 is 20.5 Å². The average molecular weight is 466 g/mol. The van der Waals surface area contributed by atoms with Gasteiger partial charge in [0.15, 0.2) is 11.5 Å². The number of likely N-dealkylation sites (N-methyl/N-ethyl adjacent to an activating group) is 1. The number of nitrogens with zero attached hydrogens (tertiary/aromatic N) is 2. The number of carbonyl (C=O) groups excluding carboxylic acids is 2. The highest BCUT2D eigenvalue weighted by atomic mass is 19.1. The van der Waals surface area contributed by atoms with Gasteiger partial charge in [0.05, 0.1) is 6.54 Å². The molecule has 9 nitrogen and oxygen atoms in total. The minimum atomic E-state index is -1.46. The van der Waals surface area contributed by atoms with Gasteiger partial charge >= 0.3 is 0 Å². The Morgan fingerprint density at radius 3 is 2.65 bits per heavy atom. The van der Waals surface area contributed by atoms with Crippen molar-refractivity contribution in [1.82, 2.24) is 20.2 Å². The lowest BCUT2D eigenvalue weighted by molar-refractivity contribution is -0.136. The van der Waals surface area contributed by atoms with Crippen molar-refractivity contribution in [3.8, 4) is 11.5 Å². The van der Waals surface area contributed by atoms with Crippen LogP contribution in [0.4, 0.5) is 4.39 Å². The van der Waals surface area contributed by atoms with Crippen LogP contribution in [0.3, 0.4) is 0 Å². The summed E-state index contributed by atoms with van der Waals surface area (Å²) in [6, 6.07) is 5.87. The maximum Gasteiger partial charge on any atom is 0.268 e. The van der Waals surface area contributed by atoms with Gasteiger partial charge in [0.2, 0.25) is 5.60 Å². The fourth-order valence-electron chi connectivity index (χ4n) is 4.25. The van der Waals surface area contributed by atoms with E-state index in [4.69, 9.17) is 4.74 Å². The summed E-state index contributed by atoms with van der Waals surface area (Å²) in [6.45, 7) is 1.37. The second-order valence-corrected chi connectivity index (χ2v) is 8.89. The molecule has 1 aliphatic heterocycles. The molecule has 1 fully saturated rings. The number of carbonyl (C=O) groups is 2. The van der Waals surface area contributed by atoms with Gasteiger partial charge in [-0.2, -0.15) is 0 Å². The minimum absolute atomic E-state index is 0.0237. The first-order valence-corrected chi connectivity index (χ1v) is 11.0. The number of nitrogens with one attached hydrogen (secondary N) is 2. The van der Waals surface area contributed by atoms with E-state index >= 15 is 0 Å². The third kappa shape index (κ3) is 3.55. The van der Waals surface area contributed by atoms with Crippen LogP contribution in [-0.4, -0.2) is 45.2 Å². The van der Waals surface area contributed by atoms with Crippen LogP contribution in [0.25, 0.3) is 11.0 Å². The molecule has 0 bridgehead atoms. The van der Waals surface area contributed by atoms with E-state index in [2.05, 4.69) is 15.6 Å². The van der Waals surface area contributed by atoms with Crippen LogP contribution >= 0.6 is 0 Å². The summed E-state index contributed by atoms with van der Waals surface area (Å²) in [7, 11) is 1.46. The maximum absolute atomic E-state index is 13.5. The van der Waals surface area contributed by atoms with Gasteiger partial charge in [-0.05, 0) is 37.5 Å². The molecule has 34 heavy (non-hydrogen) atoms. The Morgan fingerprint density at radius 2 is 2.00 bits per heavy atom. The molecule has 0 unspecified atom stereocenters. The Balaban J connectivity index is 1.72. The number of hydrogen-bond donors (Lipinski definition) is 3. The predicted molar refractivity (Wildman–Crippen MR) is 120 cm³/mol. The molecule has 1 aromatic carbocycles. The smallest absolute Gasteiger partial charge is 0.268 e. The van der Waals surface area contributed by atoms with Gasteiger partial charge in [-0.25, -0.2) is 4.39 Å². The summed E-state index contributed by atoms with van der Waals surface area (Å²) < 4.78 is 20.8. The van der Waals surface area contributed by atoms with Crippen molar-refractivity contribution in [3.63, 3.8) is 0 Å². The van der Waals surface area contributed by atoms with Crippen molar-refractivity contribution in [2.24, 2.45) is 0 Å². The molecule has 2 amide bonds. The van der Waals surface area contributed by atoms with Crippen LogP contribution < -0.4 is 20.9 Å². The Labute approximate surface area is 193 Å². The number of aromatic hydroxyl groups is 1. The molecule has 3 heterocycles. The lowest BCUT2D eigenvalue weighted by Crippen LogP contribution is -2.54. The largest absolute Gasteiger partial charge is 0.505 e. The van der Waals surface area contributed by atoms with Crippen molar-refractivity contribution >= 4 is 22.8 Å². The van der Waals surface area contributed by atoms with Crippen LogP contribution in [0.2, 0.25) is 0 Å². The number of hydrogen-bond acceptors (Lipinski definition) is 6. The zero-order valence-electron chi connectivity index (χ0n) is 18.6. The van der Waals surface area contributed by atoms with Gasteiger partial charge in [0.1, 0.15) is 22.4 Å². The van der Waals surface area contributed by atoms with Gasteiger partial charge in [-0.1, -0.05) is 12.1 Å². The average Bonchev–Trinajstić information content (AvgIpc) is 3.63. The van der Waals surface area contributed by atoms with Crippen molar-refractivity contribution in [3.05, 3.63) is 63.3 Å². The van der Waals surface area contributed by atoms with Crippen LogP contribution in [0.5, 0.6) is 11.5 Å². The molecule has 1 atom stereocenters.